The van der Waals surface area contributed by atoms with Gasteiger partial charge in [-0.3, -0.25) is 5.43 Å². The van der Waals surface area contributed by atoms with Gasteiger partial charge in [-0.25, -0.2) is 4.39 Å². The molecule has 0 unspecified atom stereocenters. The number of hydrogen-bond acceptors (Lipinski definition) is 3. The van der Waals surface area contributed by atoms with Crippen molar-refractivity contribution in [3.63, 3.8) is 0 Å². The van der Waals surface area contributed by atoms with Crippen LogP contribution in [-0.2, 0) is 13.2 Å². The summed E-state index contributed by atoms with van der Waals surface area (Å²) < 4.78 is 19.3. The second kappa shape index (κ2) is 10.2. The fraction of sp³-hybridized carbons (Fsp3) is 0.0909. The van der Waals surface area contributed by atoms with Crippen molar-refractivity contribution in [3.05, 3.63) is 101 Å². The Kier molecular flexibility index (Phi) is 7.09. The Labute approximate surface area is 169 Å². The Morgan fingerprint density at radius 3 is 2.61 bits per heavy atom. The van der Waals surface area contributed by atoms with Crippen LogP contribution in [0.3, 0.4) is 0 Å². The predicted molar refractivity (Wildman–Crippen MR) is 114 cm³/mol. The summed E-state index contributed by atoms with van der Waals surface area (Å²) in [6.45, 7) is 0.792. The third-order valence-electron chi connectivity index (χ3n) is 3.89. The summed E-state index contributed by atoms with van der Waals surface area (Å²) in [7, 11) is 0. The topological polar surface area (TPSA) is 45.6 Å². The van der Waals surface area contributed by atoms with Gasteiger partial charge in [-0.1, -0.05) is 60.7 Å². The minimum Gasteiger partial charge on any atom is -0.489 e. The van der Waals surface area contributed by atoms with Crippen LogP contribution in [0.4, 0.5) is 4.39 Å². The van der Waals surface area contributed by atoms with Gasteiger partial charge in [-0.2, -0.15) is 5.10 Å². The molecule has 142 valence electrons. The van der Waals surface area contributed by atoms with Gasteiger partial charge in [0, 0.05) is 12.1 Å². The van der Waals surface area contributed by atoms with Crippen molar-refractivity contribution in [2.75, 3.05) is 0 Å². The minimum absolute atomic E-state index is 0.166. The predicted octanol–water partition coefficient (Wildman–Crippen LogP) is 4.40. The number of hydrazone groups is 1. The highest BCUT2D eigenvalue weighted by atomic mass is 32.1. The van der Waals surface area contributed by atoms with Crippen LogP contribution in [0.2, 0.25) is 0 Å². The van der Waals surface area contributed by atoms with Gasteiger partial charge in [-0.15, -0.1) is 0 Å². The van der Waals surface area contributed by atoms with Crippen molar-refractivity contribution >= 4 is 23.5 Å². The molecule has 0 atom stereocenters. The number of halogens is 1. The molecule has 3 aromatic carbocycles. The number of benzene rings is 3. The van der Waals surface area contributed by atoms with E-state index in [-0.39, 0.29) is 12.4 Å². The van der Waals surface area contributed by atoms with Crippen LogP contribution in [-0.4, -0.2) is 11.3 Å². The van der Waals surface area contributed by atoms with Gasteiger partial charge in [0.05, 0.1) is 6.21 Å². The Morgan fingerprint density at radius 1 is 1.00 bits per heavy atom. The van der Waals surface area contributed by atoms with Crippen LogP contribution in [0, 0.1) is 5.82 Å². The van der Waals surface area contributed by atoms with Crippen molar-refractivity contribution in [3.8, 4) is 5.75 Å². The molecule has 0 fully saturated rings. The van der Waals surface area contributed by atoms with Gasteiger partial charge < -0.3 is 10.1 Å². The van der Waals surface area contributed by atoms with Crippen LogP contribution >= 0.6 is 12.2 Å². The molecule has 6 heteroatoms. The summed E-state index contributed by atoms with van der Waals surface area (Å²) in [6.07, 6.45) is 1.65. The molecule has 0 bridgehead atoms. The number of nitrogens with zero attached hydrogens (tertiary/aromatic N) is 1. The summed E-state index contributed by atoms with van der Waals surface area (Å²) in [5.41, 5.74) is 5.27. The first-order valence-corrected chi connectivity index (χ1v) is 9.18. The summed E-state index contributed by atoms with van der Waals surface area (Å²) in [5.74, 6) is 0.359. The number of hydrogen-bond donors (Lipinski definition) is 2. The number of ether oxygens (including phenoxy) is 1. The molecule has 0 spiro atoms. The molecule has 3 aromatic rings. The first kappa shape index (κ1) is 19.5. The smallest absolute Gasteiger partial charge is 0.187 e. The highest BCUT2D eigenvalue weighted by Crippen LogP contribution is 2.15. The molecule has 0 aliphatic rings. The van der Waals surface area contributed by atoms with E-state index in [9.17, 15) is 4.39 Å². The third kappa shape index (κ3) is 6.17. The van der Waals surface area contributed by atoms with E-state index < -0.39 is 0 Å². The molecule has 0 aromatic heterocycles. The summed E-state index contributed by atoms with van der Waals surface area (Å²) in [6, 6.07) is 23.9. The van der Waals surface area contributed by atoms with Crippen LogP contribution in [0.15, 0.2) is 84.0 Å². The second-order valence-corrected chi connectivity index (χ2v) is 6.40. The Bertz CT molecular complexity index is 947. The van der Waals surface area contributed by atoms with Gasteiger partial charge in [0.1, 0.15) is 18.2 Å². The molecule has 0 aliphatic carbocycles. The van der Waals surface area contributed by atoms with E-state index in [1.807, 2.05) is 54.6 Å². The molecular formula is C22H20FN3OS. The first-order valence-electron chi connectivity index (χ1n) is 8.78. The standard InChI is InChI=1S/C22H20FN3OS/c23-21-12-5-4-10-19(21)16-27-20-11-6-9-18(13-20)15-25-26-22(28)24-14-17-7-2-1-3-8-17/h1-13,15H,14,16H2,(H2,24,26,28)/b25-15+. The number of rotatable bonds is 7. The maximum absolute atomic E-state index is 13.7. The van der Waals surface area contributed by atoms with Crippen molar-refractivity contribution in [1.82, 2.24) is 10.7 Å². The highest BCUT2D eigenvalue weighted by molar-refractivity contribution is 7.80. The van der Waals surface area contributed by atoms with Crippen molar-refractivity contribution < 1.29 is 9.13 Å². The fourth-order valence-electron chi connectivity index (χ4n) is 2.44. The van der Waals surface area contributed by atoms with Crippen molar-refractivity contribution in [2.45, 2.75) is 13.2 Å². The van der Waals surface area contributed by atoms with E-state index in [0.29, 0.717) is 23.0 Å². The molecule has 28 heavy (non-hydrogen) atoms. The van der Waals surface area contributed by atoms with Crippen LogP contribution in [0.5, 0.6) is 5.75 Å². The van der Waals surface area contributed by atoms with Gasteiger partial charge >= 0.3 is 0 Å². The van der Waals surface area contributed by atoms with Gasteiger partial charge in [0.25, 0.3) is 0 Å². The highest BCUT2D eigenvalue weighted by Gasteiger charge is 2.02. The molecule has 2 N–H and O–H groups in total. The van der Waals surface area contributed by atoms with Crippen LogP contribution < -0.4 is 15.5 Å². The number of thiocarbonyl (C=S) groups is 1. The quantitative estimate of drug-likeness (QED) is 0.355. The maximum atomic E-state index is 13.7. The second-order valence-electron chi connectivity index (χ2n) is 5.99. The lowest BCUT2D eigenvalue weighted by Crippen LogP contribution is -2.31. The molecule has 0 saturated carbocycles. The monoisotopic (exact) mass is 393 g/mol. The van der Waals surface area contributed by atoms with Crippen molar-refractivity contribution in [2.24, 2.45) is 5.10 Å². The first-order chi connectivity index (χ1) is 13.7. The molecule has 0 heterocycles. The Balaban J connectivity index is 1.48. The third-order valence-corrected chi connectivity index (χ3v) is 4.12. The van der Waals surface area contributed by atoms with E-state index in [0.717, 1.165) is 11.1 Å². The van der Waals surface area contributed by atoms with Crippen molar-refractivity contribution in [1.29, 1.82) is 0 Å². The normalized spacial score (nSPS) is 10.6. The van der Waals surface area contributed by atoms with E-state index in [4.69, 9.17) is 17.0 Å². The van der Waals surface area contributed by atoms with E-state index in [1.54, 1.807) is 24.4 Å². The number of nitrogens with one attached hydrogen (secondary N) is 2. The Hall–Kier alpha value is -3.25. The molecule has 0 saturated heterocycles. The van der Waals surface area contributed by atoms with E-state index >= 15 is 0 Å². The zero-order valence-electron chi connectivity index (χ0n) is 15.1. The average Bonchev–Trinajstić information content (AvgIpc) is 2.73. The lowest BCUT2D eigenvalue weighted by atomic mass is 10.2. The lowest BCUT2D eigenvalue weighted by molar-refractivity contribution is 0.300. The molecule has 4 nitrogen and oxygen atoms in total. The fourth-order valence-corrected chi connectivity index (χ4v) is 2.57. The lowest BCUT2D eigenvalue weighted by Gasteiger charge is -2.08. The molecule has 0 amide bonds. The summed E-state index contributed by atoms with van der Waals surface area (Å²) in [4.78, 5) is 0. The summed E-state index contributed by atoms with van der Waals surface area (Å²) >= 11 is 5.21. The van der Waals surface area contributed by atoms with Gasteiger partial charge in [0.2, 0.25) is 0 Å². The van der Waals surface area contributed by atoms with Crippen LogP contribution in [0.1, 0.15) is 16.7 Å². The van der Waals surface area contributed by atoms with Gasteiger partial charge in [0.15, 0.2) is 5.11 Å². The van der Waals surface area contributed by atoms with E-state index in [2.05, 4.69) is 15.8 Å². The largest absolute Gasteiger partial charge is 0.489 e. The zero-order valence-corrected chi connectivity index (χ0v) is 16.0. The summed E-state index contributed by atoms with van der Waals surface area (Å²) in [5, 5.41) is 7.66. The zero-order chi connectivity index (χ0) is 19.6. The van der Waals surface area contributed by atoms with Gasteiger partial charge in [-0.05, 0) is 41.5 Å². The molecule has 0 radical (unpaired) electrons. The van der Waals surface area contributed by atoms with E-state index in [1.165, 1.54) is 6.07 Å². The minimum atomic E-state index is -0.277. The van der Waals surface area contributed by atoms with Crippen LogP contribution in [0.25, 0.3) is 0 Å². The molecular weight excluding hydrogens is 373 g/mol. The SMILES string of the molecule is Fc1ccccc1COc1cccc(/C=N/NC(=S)NCc2ccccc2)c1. The maximum Gasteiger partial charge on any atom is 0.187 e. The molecule has 3 rings (SSSR count). The average molecular weight is 393 g/mol. The Morgan fingerprint density at radius 2 is 1.79 bits per heavy atom. The molecule has 0 aliphatic heterocycles.